The lowest BCUT2D eigenvalue weighted by atomic mass is 10.0. The fourth-order valence-corrected chi connectivity index (χ4v) is 8.20. The Balaban J connectivity index is 3.25. The van der Waals surface area contributed by atoms with Crippen molar-refractivity contribution in [3.8, 4) is 0 Å². The van der Waals surface area contributed by atoms with Crippen molar-refractivity contribution in [1.82, 2.24) is 0 Å². The van der Waals surface area contributed by atoms with E-state index in [1.165, 1.54) is 0 Å². The van der Waals surface area contributed by atoms with Crippen LogP contribution in [0, 0.1) is 5.92 Å². The summed E-state index contributed by atoms with van der Waals surface area (Å²) in [5.41, 5.74) is -0.898. The monoisotopic (exact) mass is 719 g/mol. The molecule has 1 aliphatic rings. The molecule has 7 N–H and O–H groups in total. The minimum Gasteiger partial charge on any atom is -0.396 e. The highest BCUT2D eigenvalue weighted by molar-refractivity contribution is 7.61. The summed E-state index contributed by atoms with van der Waals surface area (Å²) in [5.74, 6) is -1.06. The smallest absolute Gasteiger partial charge is 0.396 e. The lowest BCUT2D eigenvalue weighted by Gasteiger charge is -2.28. The molecule has 0 aromatic carbocycles. The number of rotatable bonds is 9. The zero-order chi connectivity index (χ0) is 31.9. The summed E-state index contributed by atoms with van der Waals surface area (Å²) in [7, 11) is -23.2. The van der Waals surface area contributed by atoms with Gasteiger partial charge in [-0.3, -0.25) is 31.7 Å². The molecular formula is C17H40O20P5+. The first-order valence-corrected chi connectivity index (χ1v) is 20.2. The largest absolute Gasteiger partial charge is 0.472 e. The topological polar surface area (TPSA) is 293 Å². The summed E-state index contributed by atoms with van der Waals surface area (Å²) in [6.45, 7) is -4.03. The van der Waals surface area contributed by atoms with Crippen LogP contribution in [0.4, 0.5) is 0 Å². The Kier molecular flexibility index (Phi) is 18.8. The van der Waals surface area contributed by atoms with Gasteiger partial charge in [-0.2, -0.15) is 13.9 Å². The van der Waals surface area contributed by atoms with Crippen molar-refractivity contribution in [2.75, 3.05) is 66.1 Å². The number of aliphatic hydroxyl groups is 1. The first kappa shape index (κ1) is 40.7. The molecule has 6 atom stereocenters. The van der Waals surface area contributed by atoms with Crippen molar-refractivity contribution in [3.63, 3.8) is 0 Å². The second kappa shape index (κ2) is 19.4. The fourth-order valence-electron chi connectivity index (χ4n) is 3.27. The van der Waals surface area contributed by atoms with Crippen LogP contribution in [0.2, 0.25) is 0 Å². The van der Waals surface area contributed by atoms with Crippen LogP contribution in [-0.4, -0.2) is 106 Å². The SMILES string of the molecule is CCCC1CC(COP(=O)(O)O)COP(=O)(O)OCCOP(=O)(O)OCCOP(=O)(O)OCCO[P+]1(O)OCCCO. The Morgan fingerprint density at radius 2 is 1.33 bits per heavy atom. The fraction of sp³-hybridized carbons (Fsp3) is 1.00. The van der Waals surface area contributed by atoms with Gasteiger partial charge in [0.1, 0.15) is 6.61 Å². The zero-order valence-corrected chi connectivity index (χ0v) is 27.2. The van der Waals surface area contributed by atoms with E-state index >= 15 is 0 Å². The standard InChI is InChI=1S/C17H39O20P5/c1-2-4-17-13-16(14-36-39(20,21)22)15-37-42(27,28)35-12-11-34-41(25,26)33-10-9-32-40(23,24)31-8-7-30-38(17,19)29-6-3-5-18/h16-19H,2-15H2,1H3,(H4-,20,21,22,23,24,25,26,27,28)/p+1. The van der Waals surface area contributed by atoms with Gasteiger partial charge in [0, 0.05) is 12.5 Å². The molecule has 6 unspecified atom stereocenters. The van der Waals surface area contributed by atoms with E-state index in [9.17, 15) is 37.8 Å². The second-order valence-corrected chi connectivity index (χ2v) is 16.5. The lowest BCUT2D eigenvalue weighted by molar-refractivity contribution is 0.0772. The molecule has 252 valence electrons. The normalized spacial score (nSPS) is 36.2. The van der Waals surface area contributed by atoms with Gasteiger partial charge in [-0.25, -0.2) is 18.3 Å². The molecule has 1 fully saturated rings. The van der Waals surface area contributed by atoms with Crippen LogP contribution in [0.15, 0.2) is 0 Å². The quantitative estimate of drug-likeness (QED) is 0.132. The van der Waals surface area contributed by atoms with Crippen LogP contribution in [0.25, 0.3) is 0 Å². The van der Waals surface area contributed by atoms with Crippen LogP contribution in [-0.2, 0) is 59.0 Å². The molecule has 0 aliphatic carbocycles. The number of hydrogen-bond donors (Lipinski definition) is 7. The summed E-state index contributed by atoms with van der Waals surface area (Å²) in [4.78, 5) is 59.2. The van der Waals surface area contributed by atoms with Crippen LogP contribution >= 0.6 is 39.2 Å². The minimum absolute atomic E-state index is 0.103. The molecular weight excluding hydrogens is 679 g/mol. The van der Waals surface area contributed by atoms with Crippen molar-refractivity contribution in [3.05, 3.63) is 0 Å². The highest BCUT2D eigenvalue weighted by atomic mass is 31.2. The summed E-state index contributed by atoms with van der Waals surface area (Å²) >= 11 is 0. The van der Waals surface area contributed by atoms with Gasteiger partial charge in [0.2, 0.25) is 0 Å². The second-order valence-electron chi connectivity index (χ2n) is 8.51. The Morgan fingerprint density at radius 3 is 1.79 bits per heavy atom. The van der Waals surface area contributed by atoms with E-state index < -0.39 is 104 Å². The molecule has 1 saturated heterocycles. The number of phosphoric ester groups is 4. The van der Waals surface area contributed by atoms with Crippen LogP contribution in [0.1, 0.15) is 32.6 Å². The van der Waals surface area contributed by atoms with E-state index in [1.54, 1.807) is 6.92 Å². The molecule has 0 spiro atoms. The van der Waals surface area contributed by atoms with Gasteiger partial charge in [-0.05, 0) is 19.3 Å². The third-order valence-electron chi connectivity index (χ3n) is 5.02. The van der Waals surface area contributed by atoms with Crippen molar-refractivity contribution < 1.29 is 93.4 Å². The van der Waals surface area contributed by atoms with Crippen molar-refractivity contribution in [2.45, 2.75) is 38.3 Å². The summed E-state index contributed by atoms with van der Waals surface area (Å²) in [5, 5.41) is 9.13. The summed E-state index contributed by atoms with van der Waals surface area (Å²) in [6, 6.07) is 0. The predicted molar refractivity (Wildman–Crippen MR) is 143 cm³/mol. The van der Waals surface area contributed by atoms with E-state index in [4.69, 9.17) is 33.0 Å². The summed E-state index contributed by atoms with van der Waals surface area (Å²) < 4.78 is 91.5. The molecule has 1 aliphatic heterocycles. The molecule has 0 saturated carbocycles. The van der Waals surface area contributed by atoms with E-state index in [2.05, 4.69) is 22.6 Å². The maximum atomic E-state index is 12.3. The van der Waals surface area contributed by atoms with Gasteiger partial charge in [0.25, 0.3) is 0 Å². The van der Waals surface area contributed by atoms with Crippen molar-refractivity contribution >= 4 is 39.2 Å². The zero-order valence-electron chi connectivity index (χ0n) is 22.7. The maximum absolute atomic E-state index is 12.3. The number of phosphoric acid groups is 4. The number of hydrogen-bond acceptors (Lipinski definition) is 15. The third kappa shape index (κ3) is 18.6. The summed E-state index contributed by atoms with van der Waals surface area (Å²) in [6.07, 6.45) is 0.575. The van der Waals surface area contributed by atoms with E-state index in [0.29, 0.717) is 6.42 Å². The highest BCUT2D eigenvalue weighted by Crippen LogP contribution is 2.64. The van der Waals surface area contributed by atoms with Gasteiger partial charge in [-0.1, -0.05) is 13.3 Å². The van der Waals surface area contributed by atoms with E-state index in [0.717, 1.165) is 0 Å². The average Bonchev–Trinajstić information content (AvgIpc) is 2.87. The van der Waals surface area contributed by atoms with Crippen LogP contribution in [0.3, 0.4) is 0 Å². The Labute approximate surface area is 243 Å². The van der Waals surface area contributed by atoms with E-state index in [1.807, 2.05) is 0 Å². The Morgan fingerprint density at radius 1 is 0.857 bits per heavy atom. The minimum atomic E-state index is -5.00. The first-order valence-electron chi connectivity index (χ1n) is 12.5. The molecule has 25 heteroatoms. The molecule has 1 heterocycles. The Hall–Kier alpha value is 0.710. The third-order valence-corrected chi connectivity index (χ3v) is 11.0. The molecule has 0 amide bonds. The van der Waals surface area contributed by atoms with Crippen LogP contribution in [0.5, 0.6) is 0 Å². The molecule has 20 nitrogen and oxygen atoms in total. The molecule has 0 aromatic rings. The van der Waals surface area contributed by atoms with Gasteiger partial charge in [0.15, 0.2) is 5.66 Å². The first-order chi connectivity index (χ1) is 19.4. The van der Waals surface area contributed by atoms with Crippen molar-refractivity contribution in [1.29, 1.82) is 0 Å². The number of aliphatic hydroxyl groups excluding tert-OH is 1. The highest BCUT2D eigenvalue weighted by Gasteiger charge is 2.51. The molecule has 42 heavy (non-hydrogen) atoms. The Bertz CT molecular complexity index is 963. The lowest BCUT2D eigenvalue weighted by Crippen LogP contribution is -2.27. The van der Waals surface area contributed by atoms with Gasteiger partial charge >= 0.3 is 39.2 Å². The molecule has 0 bridgehead atoms. The van der Waals surface area contributed by atoms with Crippen molar-refractivity contribution in [2.24, 2.45) is 5.92 Å². The van der Waals surface area contributed by atoms with Gasteiger partial charge < -0.3 is 29.6 Å². The molecule has 0 radical (unpaired) electrons. The molecule has 0 aromatic heterocycles. The maximum Gasteiger partial charge on any atom is 0.472 e. The molecule has 1 rings (SSSR count). The average molecular weight is 719 g/mol. The van der Waals surface area contributed by atoms with E-state index in [-0.39, 0.29) is 32.5 Å². The van der Waals surface area contributed by atoms with Crippen LogP contribution < -0.4 is 0 Å². The van der Waals surface area contributed by atoms with Gasteiger partial charge in [0.05, 0.1) is 52.9 Å². The predicted octanol–water partition coefficient (Wildman–Crippen LogP) is 1.86. The van der Waals surface area contributed by atoms with Gasteiger partial charge in [-0.15, -0.1) is 0 Å².